The quantitative estimate of drug-likeness (QED) is 0.907. The normalized spacial score (nSPS) is 10.5. The number of hydrogen-bond donors (Lipinski definition) is 1. The summed E-state index contributed by atoms with van der Waals surface area (Å²) in [6.07, 6.45) is 0. The maximum Gasteiger partial charge on any atom is 0.0692 e. The Kier molecular flexibility index (Phi) is 4.26. The highest BCUT2D eigenvalue weighted by Crippen LogP contribution is 2.34. The first-order chi connectivity index (χ1) is 8.20. The van der Waals surface area contributed by atoms with Crippen molar-refractivity contribution in [3.05, 3.63) is 58.1 Å². The van der Waals surface area contributed by atoms with E-state index in [1.807, 2.05) is 30.3 Å². The molecule has 0 aromatic heterocycles. The van der Waals surface area contributed by atoms with E-state index in [-0.39, 0.29) is 6.61 Å². The van der Waals surface area contributed by atoms with Gasteiger partial charge in [-0.05, 0) is 36.2 Å². The Morgan fingerprint density at radius 2 is 1.88 bits per heavy atom. The number of hydrogen-bond acceptors (Lipinski definition) is 2. The summed E-state index contributed by atoms with van der Waals surface area (Å²) in [5.74, 6) is 0. The maximum atomic E-state index is 9.33. The van der Waals surface area contributed by atoms with Crippen LogP contribution in [0.1, 0.15) is 11.1 Å². The van der Waals surface area contributed by atoms with E-state index in [0.717, 1.165) is 14.9 Å². The van der Waals surface area contributed by atoms with Crippen molar-refractivity contribution < 1.29 is 5.11 Å². The topological polar surface area (TPSA) is 20.2 Å². The average molecular weight is 309 g/mol. The second-order valence-corrected chi connectivity index (χ2v) is 5.78. The summed E-state index contributed by atoms with van der Waals surface area (Å²) in [5, 5.41) is 9.33. The number of aliphatic hydroxyl groups excluding tert-OH is 1. The van der Waals surface area contributed by atoms with E-state index in [9.17, 15) is 5.11 Å². The molecule has 0 aliphatic rings. The molecule has 0 fully saturated rings. The molecule has 0 amide bonds. The van der Waals surface area contributed by atoms with Gasteiger partial charge in [0.15, 0.2) is 0 Å². The molecule has 1 N–H and O–H groups in total. The van der Waals surface area contributed by atoms with Crippen molar-refractivity contribution in [2.24, 2.45) is 0 Å². The third kappa shape index (κ3) is 3.12. The zero-order valence-electron chi connectivity index (χ0n) is 9.48. The third-order valence-electron chi connectivity index (χ3n) is 2.51. The first-order valence-electron chi connectivity index (χ1n) is 5.33. The molecule has 3 heteroatoms. The first-order valence-corrected chi connectivity index (χ1v) is 6.94. The molecule has 1 nitrogen and oxygen atoms in total. The maximum absolute atomic E-state index is 9.33. The number of halogens is 1. The molecule has 0 heterocycles. The van der Waals surface area contributed by atoms with E-state index in [0.29, 0.717) is 0 Å². The number of rotatable bonds is 3. The van der Waals surface area contributed by atoms with Gasteiger partial charge in [-0.25, -0.2) is 0 Å². The molecule has 0 unspecified atom stereocenters. The van der Waals surface area contributed by atoms with Crippen LogP contribution in [0.25, 0.3) is 0 Å². The van der Waals surface area contributed by atoms with Gasteiger partial charge in [-0.3, -0.25) is 0 Å². The molecule has 0 saturated heterocycles. The monoisotopic (exact) mass is 308 g/mol. The lowest BCUT2D eigenvalue weighted by atomic mass is 10.2. The van der Waals surface area contributed by atoms with E-state index < -0.39 is 0 Å². The SMILES string of the molecule is Cc1ccccc1Sc1cc(Br)ccc1CO. The lowest BCUT2D eigenvalue weighted by Gasteiger charge is -2.09. The molecule has 0 radical (unpaired) electrons. The molecule has 2 aromatic rings. The van der Waals surface area contributed by atoms with Gasteiger partial charge in [0.2, 0.25) is 0 Å². The van der Waals surface area contributed by atoms with Gasteiger partial charge in [0.25, 0.3) is 0 Å². The van der Waals surface area contributed by atoms with Gasteiger partial charge >= 0.3 is 0 Å². The minimum Gasteiger partial charge on any atom is -0.392 e. The van der Waals surface area contributed by atoms with Crippen LogP contribution in [0.5, 0.6) is 0 Å². The molecule has 0 saturated carbocycles. The summed E-state index contributed by atoms with van der Waals surface area (Å²) < 4.78 is 1.03. The van der Waals surface area contributed by atoms with Crippen molar-refractivity contribution in [2.45, 2.75) is 23.3 Å². The fraction of sp³-hybridized carbons (Fsp3) is 0.143. The van der Waals surface area contributed by atoms with E-state index in [1.165, 1.54) is 10.5 Å². The van der Waals surface area contributed by atoms with Crippen molar-refractivity contribution in [1.82, 2.24) is 0 Å². The van der Waals surface area contributed by atoms with Crippen LogP contribution < -0.4 is 0 Å². The van der Waals surface area contributed by atoms with Crippen LogP contribution in [-0.2, 0) is 6.61 Å². The molecule has 0 spiro atoms. The summed E-state index contributed by atoms with van der Waals surface area (Å²) in [5.41, 5.74) is 2.21. The summed E-state index contributed by atoms with van der Waals surface area (Å²) in [7, 11) is 0. The minimum atomic E-state index is 0.0709. The van der Waals surface area contributed by atoms with E-state index in [2.05, 4.69) is 35.0 Å². The lowest BCUT2D eigenvalue weighted by Crippen LogP contribution is -1.88. The van der Waals surface area contributed by atoms with E-state index >= 15 is 0 Å². The Bertz CT molecular complexity index is 525. The van der Waals surface area contributed by atoms with Gasteiger partial charge in [0.1, 0.15) is 0 Å². The van der Waals surface area contributed by atoms with Crippen LogP contribution in [0.2, 0.25) is 0 Å². The largest absolute Gasteiger partial charge is 0.392 e. The Hall–Kier alpha value is -0.770. The summed E-state index contributed by atoms with van der Waals surface area (Å²) in [6.45, 7) is 2.17. The highest BCUT2D eigenvalue weighted by atomic mass is 79.9. The third-order valence-corrected chi connectivity index (χ3v) is 4.28. The Labute approximate surface area is 114 Å². The molecule has 0 aliphatic heterocycles. The van der Waals surface area contributed by atoms with Crippen LogP contribution in [-0.4, -0.2) is 5.11 Å². The Morgan fingerprint density at radius 1 is 1.12 bits per heavy atom. The minimum absolute atomic E-state index is 0.0709. The highest BCUT2D eigenvalue weighted by molar-refractivity contribution is 9.10. The van der Waals surface area contributed by atoms with Crippen molar-refractivity contribution in [2.75, 3.05) is 0 Å². The second kappa shape index (κ2) is 5.71. The van der Waals surface area contributed by atoms with E-state index in [4.69, 9.17) is 0 Å². The molecule has 0 aliphatic carbocycles. The van der Waals surface area contributed by atoms with Crippen molar-refractivity contribution in [1.29, 1.82) is 0 Å². The second-order valence-electron chi connectivity index (χ2n) is 3.78. The molecule has 17 heavy (non-hydrogen) atoms. The Morgan fingerprint density at radius 3 is 2.59 bits per heavy atom. The fourth-order valence-corrected chi connectivity index (χ4v) is 3.12. The van der Waals surface area contributed by atoms with Gasteiger partial charge in [-0.2, -0.15) is 0 Å². The van der Waals surface area contributed by atoms with Crippen LogP contribution >= 0.6 is 27.7 Å². The van der Waals surface area contributed by atoms with Gasteiger partial charge in [0, 0.05) is 14.3 Å². The smallest absolute Gasteiger partial charge is 0.0692 e. The summed E-state index contributed by atoms with van der Waals surface area (Å²) in [4.78, 5) is 2.32. The molecule has 0 bridgehead atoms. The van der Waals surface area contributed by atoms with Crippen molar-refractivity contribution >= 4 is 27.7 Å². The predicted molar refractivity (Wildman–Crippen MR) is 75.4 cm³/mol. The molecule has 2 rings (SSSR count). The molecule has 88 valence electrons. The first kappa shape index (κ1) is 12.7. The predicted octanol–water partition coefficient (Wildman–Crippen LogP) is 4.40. The Balaban J connectivity index is 2.35. The van der Waals surface area contributed by atoms with Crippen molar-refractivity contribution in [3.63, 3.8) is 0 Å². The van der Waals surface area contributed by atoms with Crippen molar-refractivity contribution in [3.8, 4) is 0 Å². The van der Waals surface area contributed by atoms with Gasteiger partial charge in [-0.1, -0.05) is 52.0 Å². The van der Waals surface area contributed by atoms with Gasteiger partial charge in [-0.15, -0.1) is 0 Å². The highest BCUT2D eigenvalue weighted by Gasteiger charge is 2.06. The molecular formula is C14H13BrOS. The van der Waals surface area contributed by atoms with Crippen LogP contribution in [0, 0.1) is 6.92 Å². The lowest BCUT2D eigenvalue weighted by molar-refractivity contribution is 0.279. The van der Waals surface area contributed by atoms with Gasteiger partial charge in [0.05, 0.1) is 6.61 Å². The number of benzene rings is 2. The molecule has 0 atom stereocenters. The fourth-order valence-electron chi connectivity index (χ4n) is 1.54. The number of aryl methyl sites for hydroxylation is 1. The number of aliphatic hydroxyl groups is 1. The van der Waals surface area contributed by atoms with Crippen LogP contribution in [0.3, 0.4) is 0 Å². The zero-order chi connectivity index (χ0) is 12.3. The van der Waals surface area contributed by atoms with E-state index in [1.54, 1.807) is 11.8 Å². The zero-order valence-corrected chi connectivity index (χ0v) is 11.9. The molecule has 2 aromatic carbocycles. The summed E-state index contributed by atoms with van der Waals surface area (Å²) in [6, 6.07) is 14.2. The van der Waals surface area contributed by atoms with Gasteiger partial charge < -0.3 is 5.11 Å². The summed E-state index contributed by atoms with van der Waals surface area (Å²) >= 11 is 5.15. The average Bonchev–Trinajstić information content (AvgIpc) is 2.32. The van der Waals surface area contributed by atoms with Crippen LogP contribution in [0.15, 0.2) is 56.7 Å². The molecular weight excluding hydrogens is 296 g/mol. The standard InChI is InChI=1S/C14H13BrOS/c1-10-4-2-3-5-13(10)17-14-8-12(15)7-6-11(14)9-16/h2-8,16H,9H2,1H3. The van der Waals surface area contributed by atoms with Crippen LogP contribution in [0.4, 0.5) is 0 Å².